The van der Waals surface area contributed by atoms with Crippen LogP contribution in [0.15, 0.2) is 30.3 Å². The third kappa shape index (κ3) is 2.59. The minimum absolute atomic E-state index is 0.0796. The van der Waals surface area contributed by atoms with E-state index in [0.717, 1.165) is 17.5 Å². The summed E-state index contributed by atoms with van der Waals surface area (Å²) in [5, 5.41) is 28.2. The molecule has 5 nitrogen and oxygen atoms in total. The van der Waals surface area contributed by atoms with Crippen LogP contribution in [-0.2, 0) is 5.41 Å². The fourth-order valence-electron chi connectivity index (χ4n) is 2.75. The Kier molecular flexibility index (Phi) is 3.92. The third-order valence-electron chi connectivity index (χ3n) is 4.58. The van der Waals surface area contributed by atoms with Gasteiger partial charge in [0.1, 0.15) is 0 Å². The third-order valence-corrected chi connectivity index (χ3v) is 4.82. The van der Waals surface area contributed by atoms with Crippen LogP contribution in [0.1, 0.15) is 38.3 Å². The fourth-order valence-corrected chi connectivity index (χ4v) is 2.92. The summed E-state index contributed by atoms with van der Waals surface area (Å²) in [6.07, 6.45) is 0.859. The van der Waals surface area contributed by atoms with Gasteiger partial charge >= 0.3 is 0 Å². The molecule has 1 N–H and O–H groups in total. The van der Waals surface area contributed by atoms with Gasteiger partial charge < -0.3 is 10.3 Å². The predicted molar refractivity (Wildman–Crippen MR) is 94.8 cm³/mol. The summed E-state index contributed by atoms with van der Waals surface area (Å²) in [7, 11) is 0. The maximum Gasteiger partial charge on any atom is 0.250 e. The lowest BCUT2D eigenvalue weighted by atomic mass is 9.81. The number of rotatable bonds is 3. The van der Waals surface area contributed by atoms with E-state index in [-0.39, 0.29) is 11.2 Å². The normalized spacial score (nSPS) is 12.0. The second-order valence-corrected chi connectivity index (χ2v) is 7.15. The van der Waals surface area contributed by atoms with Gasteiger partial charge in [-0.15, -0.1) is 4.85 Å². The molecule has 2 aromatic carbocycles. The standard InChI is InChI=1S/C18H20ClN3O2/c1-5-18(3,4)13-8-11(2)9-16(17(13)23)21-20-14-7-6-12(19)10-15(14)22(21)24/h6-10,23H,5H2,1-4H3. The van der Waals surface area contributed by atoms with Crippen LogP contribution < -0.4 is 4.85 Å². The van der Waals surface area contributed by atoms with E-state index >= 15 is 0 Å². The zero-order valence-electron chi connectivity index (χ0n) is 14.2. The number of halogens is 1. The number of hydrogen-bond donors (Lipinski definition) is 1. The van der Waals surface area contributed by atoms with Gasteiger partial charge in [-0.05, 0) is 47.3 Å². The Bertz CT molecular complexity index is 932. The second kappa shape index (κ2) is 5.67. The van der Waals surface area contributed by atoms with Gasteiger partial charge in [-0.3, -0.25) is 0 Å². The van der Waals surface area contributed by atoms with Crippen LogP contribution in [0.4, 0.5) is 0 Å². The maximum atomic E-state index is 12.6. The molecule has 0 aliphatic rings. The van der Waals surface area contributed by atoms with E-state index < -0.39 is 0 Å². The molecule has 0 radical (unpaired) electrons. The lowest BCUT2D eigenvalue weighted by Crippen LogP contribution is -2.37. The summed E-state index contributed by atoms with van der Waals surface area (Å²) in [5.74, 6) is 0.0796. The van der Waals surface area contributed by atoms with Crippen molar-refractivity contribution in [2.45, 2.75) is 39.5 Å². The molecule has 0 fully saturated rings. The van der Waals surface area contributed by atoms with Crippen molar-refractivity contribution in [3.63, 3.8) is 0 Å². The number of nitrogens with zero attached hydrogens (tertiary/aromatic N) is 3. The molecule has 24 heavy (non-hydrogen) atoms. The Morgan fingerprint density at radius 3 is 2.67 bits per heavy atom. The summed E-state index contributed by atoms with van der Waals surface area (Å²) in [4.78, 5) is 1.83. The van der Waals surface area contributed by atoms with Crippen molar-refractivity contribution in [3.05, 3.63) is 51.7 Å². The number of benzene rings is 2. The van der Waals surface area contributed by atoms with Gasteiger partial charge in [-0.1, -0.05) is 38.4 Å². The molecular formula is C18H20ClN3O2. The first-order valence-corrected chi connectivity index (χ1v) is 8.25. The largest absolute Gasteiger partial charge is 0.692 e. The Morgan fingerprint density at radius 1 is 1.29 bits per heavy atom. The average molecular weight is 346 g/mol. The molecule has 0 atom stereocenters. The lowest BCUT2D eigenvalue weighted by Gasteiger charge is -2.25. The highest BCUT2D eigenvalue weighted by molar-refractivity contribution is 6.31. The molecule has 0 aliphatic carbocycles. The first-order valence-electron chi connectivity index (χ1n) is 7.87. The molecule has 1 aromatic heterocycles. The summed E-state index contributed by atoms with van der Waals surface area (Å²) in [6, 6.07) is 8.65. The molecule has 0 saturated carbocycles. The van der Waals surface area contributed by atoms with Crippen LogP contribution in [0.5, 0.6) is 5.75 Å². The highest BCUT2D eigenvalue weighted by Gasteiger charge is 2.27. The van der Waals surface area contributed by atoms with E-state index in [2.05, 4.69) is 25.9 Å². The number of fused-ring (bicyclic) bond motifs is 1. The predicted octanol–water partition coefficient (Wildman–Crippen LogP) is 4.01. The number of aromatic hydroxyl groups is 1. The summed E-state index contributed by atoms with van der Waals surface area (Å²) < 4.78 is 0. The topological polar surface area (TPSA) is 65.0 Å². The number of phenols is 1. The van der Waals surface area contributed by atoms with E-state index in [0.29, 0.717) is 26.6 Å². The minimum atomic E-state index is -0.214. The molecular weight excluding hydrogens is 326 g/mol. The Balaban J connectivity index is 2.29. The Labute approximate surface area is 145 Å². The van der Waals surface area contributed by atoms with Crippen molar-refractivity contribution in [1.29, 1.82) is 0 Å². The monoisotopic (exact) mass is 345 g/mol. The van der Waals surface area contributed by atoms with Crippen molar-refractivity contribution in [2.24, 2.45) is 0 Å². The first-order chi connectivity index (χ1) is 11.2. The zero-order chi connectivity index (χ0) is 17.6. The van der Waals surface area contributed by atoms with Crippen molar-refractivity contribution in [1.82, 2.24) is 9.90 Å². The van der Waals surface area contributed by atoms with Gasteiger partial charge in [0.2, 0.25) is 11.0 Å². The van der Waals surface area contributed by atoms with Gasteiger partial charge in [-0.25, -0.2) is 0 Å². The molecule has 6 heteroatoms. The molecule has 0 aliphatic heterocycles. The van der Waals surface area contributed by atoms with Crippen molar-refractivity contribution >= 4 is 22.6 Å². The van der Waals surface area contributed by atoms with E-state index in [1.807, 2.05) is 13.0 Å². The van der Waals surface area contributed by atoms with Gasteiger partial charge in [0.25, 0.3) is 0 Å². The lowest BCUT2D eigenvalue weighted by molar-refractivity contribution is -0.664. The van der Waals surface area contributed by atoms with E-state index in [1.54, 1.807) is 24.3 Å². The van der Waals surface area contributed by atoms with E-state index in [9.17, 15) is 10.3 Å². The number of aromatic nitrogens is 3. The van der Waals surface area contributed by atoms with Crippen molar-refractivity contribution < 1.29 is 9.95 Å². The fraction of sp³-hybridized carbons (Fsp3) is 0.333. The van der Waals surface area contributed by atoms with Gasteiger partial charge in [0.05, 0.1) is 5.10 Å². The van der Waals surface area contributed by atoms with Gasteiger partial charge in [0.15, 0.2) is 11.4 Å². The SMILES string of the molecule is CCC(C)(C)c1cc(C)cc(-n2nc3ccc(Cl)cc3[n+]2[O-])c1O. The van der Waals surface area contributed by atoms with Crippen LogP contribution in [0.3, 0.4) is 0 Å². The van der Waals surface area contributed by atoms with Crippen LogP contribution in [-0.4, -0.2) is 15.0 Å². The number of hydrogen-bond acceptors (Lipinski definition) is 3. The minimum Gasteiger partial charge on any atom is -0.692 e. The first kappa shape index (κ1) is 16.6. The van der Waals surface area contributed by atoms with E-state index in [1.165, 1.54) is 4.80 Å². The molecule has 0 spiro atoms. The molecule has 3 aromatic rings. The maximum absolute atomic E-state index is 12.6. The van der Waals surface area contributed by atoms with Crippen LogP contribution >= 0.6 is 11.6 Å². The van der Waals surface area contributed by atoms with Gasteiger partial charge in [0, 0.05) is 16.7 Å². The van der Waals surface area contributed by atoms with E-state index in [4.69, 9.17) is 11.6 Å². The summed E-state index contributed by atoms with van der Waals surface area (Å²) in [5.41, 5.74) is 2.80. The van der Waals surface area contributed by atoms with Crippen LogP contribution in [0, 0.1) is 12.1 Å². The van der Waals surface area contributed by atoms with Crippen molar-refractivity contribution in [3.8, 4) is 11.4 Å². The summed E-state index contributed by atoms with van der Waals surface area (Å²) in [6.45, 7) is 8.14. The van der Waals surface area contributed by atoms with Gasteiger partial charge in [-0.2, -0.15) is 0 Å². The Morgan fingerprint density at radius 2 is 2.00 bits per heavy atom. The molecule has 0 amide bonds. The zero-order valence-corrected chi connectivity index (χ0v) is 14.9. The number of aryl methyl sites for hydroxylation is 1. The highest BCUT2D eigenvalue weighted by Crippen LogP contribution is 2.38. The second-order valence-electron chi connectivity index (χ2n) is 6.71. The van der Waals surface area contributed by atoms with Crippen LogP contribution in [0.25, 0.3) is 16.7 Å². The molecule has 1 heterocycles. The average Bonchev–Trinajstić information content (AvgIpc) is 2.86. The summed E-state index contributed by atoms with van der Waals surface area (Å²) >= 11 is 5.97. The molecule has 3 rings (SSSR count). The quantitative estimate of drug-likeness (QED) is 0.576. The van der Waals surface area contributed by atoms with Crippen molar-refractivity contribution in [2.75, 3.05) is 0 Å². The molecule has 0 unspecified atom stereocenters. The molecule has 0 saturated heterocycles. The van der Waals surface area contributed by atoms with Crippen LogP contribution in [0.2, 0.25) is 5.02 Å². The number of phenolic OH excluding ortho intramolecular Hbond substituents is 1. The smallest absolute Gasteiger partial charge is 0.250 e. The highest BCUT2D eigenvalue weighted by atomic mass is 35.5. The Hall–Kier alpha value is -2.27. The molecule has 0 bridgehead atoms. The molecule has 126 valence electrons.